The molecule has 27 heavy (non-hydrogen) atoms. The molecule has 1 heterocycles. The molecule has 1 aromatic heterocycles. The zero-order chi connectivity index (χ0) is 19.4. The summed E-state index contributed by atoms with van der Waals surface area (Å²) in [5, 5.41) is 0.423. The fourth-order valence-electron chi connectivity index (χ4n) is 2.97. The number of nitrogen functional groups attached to an aromatic ring is 1. The van der Waals surface area contributed by atoms with Crippen LogP contribution in [0.3, 0.4) is 0 Å². The van der Waals surface area contributed by atoms with Crippen LogP contribution in [0.25, 0.3) is 0 Å². The first-order chi connectivity index (χ1) is 13.0. The molecule has 0 spiro atoms. The predicted molar refractivity (Wildman–Crippen MR) is 109 cm³/mol. The van der Waals surface area contributed by atoms with Gasteiger partial charge in [-0.15, -0.1) is 0 Å². The predicted octanol–water partition coefficient (Wildman–Crippen LogP) is 4.42. The average Bonchev–Trinajstić information content (AvgIpc) is 3.14. The van der Waals surface area contributed by atoms with E-state index in [9.17, 15) is 4.79 Å². The van der Waals surface area contributed by atoms with E-state index in [1.54, 1.807) is 41.5 Å². The summed E-state index contributed by atoms with van der Waals surface area (Å²) in [6.45, 7) is 0.710. The van der Waals surface area contributed by atoms with Crippen LogP contribution in [0, 0.1) is 0 Å². The van der Waals surface area contributed by atoms with Crippen LogP contribution in [0.1, 0.15) is 21.7 Å². The minimum Gasteiger partial charge on any atom is -0.467 e. The molecule has 5 nitrogen and oxygen atoms in total. The van der Waals surface area contributed by atoms with Crippen LogP contribution < -0.4 is 10.6 Å². The van der Waals surface area contributed by atoms with Gasteiger partial charge in [0.2, 0.25) is 0 Å². The molecular weight excluding hydrogens is 362 g/mol. The molecule has 0 bridgehead atoms. The second-order valence-corrected chi connectivity index (χ2v) is 6.91. The molecule has 0 fully saturated rings. The molecule has 0 unspecified atom stereocenters. The van der Waals surface area contributed by atoms with E-state index in [1.807, 2.05) is 43.3 Å². The summed E-state index contributed by atoms with van der Waals surface area (Å²) in [4.78, 5) is 16.9. The number of nitrogens with two attached hydrogens (primary N) is 1. The number of rotatable bonds is 6. The highest BCUT2D eigenvalue weighted by molar-refractivity contribution is 6.33. The van der Waals surface area contributed by atoms with Crippen molar-refractivity contribution in [2.24, 2.45) is 0 Å². The van der Waals surface area contributed by atoms with Gasteiger partial charge < -0.3 is 20.0 Å². The van der Waals surface area contributed by atoms with E-state index in [0.29, 0.717) is 35.1 Å². The third-order valence-corrected chi connectivity index (χ3v) is 4.59. The summed E-state index contributed by atoms with van der Waals surface area (Å²) in [7, 11) is 3.92. The molecule has 2 N–H and O–H groups in total. The molecule has 2 aromatic carbocycles. The molecule has 0 saturated heterocycles. The van der Waals surface area contributed by atoms with Crippen LogP contribution in [0.2, 0.25) is 5.02 Å². The third kappa shape index (κ3) is 4.44. The molecule has 0 radical (unpaired) electrons. The van der Waals surface area contributed by atoms with Gasteiger partial charge in [-0.3, -0.25) is 4.79 Å². The lowest BCUT2D eigenvalue weighted by molar-refractivity contribution is 0.0718. The molecule has 3 aromatic rings. The first kappa shape index (κ1) is 18.9. The lowest BCUT2D eigenvalue weighted by Crippen LogP contribution is -2.31. The van der Waals surface area contributed by atoms with Gasteiger partial charge in [0.25, 0.3) is 5.91 Å². The Morgan fingerprint density at radius 2 is 1.85 bits per heavy atom. The zero-order valence-corrected chi connectivity index (χ0v) is 16.1. The van der Waals surface area contributed by atoms with Crippen molar-refractivity contribution in [2.75, 3.05) is 24.7 Å². The second-order valence-electron chi connectivity index (χ2n) is 6.50. The monoisotopic (exact) mass is 383 g/mol. The largest absolute Gasteiger partial charge is 0.467 e. The van der Waals surface area contributed by atoms with Crippen molar-refractivity contribution in [1.82, 2.24) is 4.90 Å². The minimum absolute atomic E-state index is 0.163. The average molecular weight is 384 g/mol. The number of halogens is 1. The van der Waals surface area contributed by atoms with E-state index < -0.39 is 0 Å². The second kappa shape index (κ2) is 8.18. The van der Waals surface area contributed by atoms with Crippen molar-refractivity contribution in [2.45, 2.75) is 13.1 Å². The fraction of sp³-hybridized carbons (Fsp3) is 0.190. The fourth-order valence-corrected chi connectivity index (χ4v) is 3.19. The van der Waals surface area contributed by atoms with Crippen LogP contribution in [-0.2, 0) is 13.1 Å². The van der Waals surface area contributed by atoms with E-state index in [2.05, 4.69) is 0 Å². The Hall–Kier alpha value is -2.92. The quantitative estimate of drug-likeness (QED) is 0.640. The lowest BCUT2D eigenvalue weighted by atomic mass is 10.1. The maximum absolute atomic E-state index is 13.2. The molecule has 0 saturated carbocycles. The van der Waals surface area contributed by atoms with Gasteiger partial charge in [-0.1, -0.05) is 23.7 Å². The van der Waals surface area contributed by atoms with Gasteiger partial charge in [0, 0.05) is 32.0 Å². The third-order valence-electron chi connectivity index (χ3n) is 4.26. The van der Waals surface area contributed by atoms with E-state index in [0.717, 1.165) is 11.3 Å². The highest BCUT2D eigenvalue weighted by Gasteiger charge is 2.21. The number of carbonyl (C=O) groups excluding carboxylic acids is 1. The summed E-state index contributed by atoms with van der Waals surface area (Å²) in [6, 6.07) is 16.4. The van der Waals surface area contributed by atoms with E-state index >= 15 is 0 Å². The number of hydrogen-bond acceptors (Lipinski definition) is 4. The smallest absolute Gasteiger partial charge is 0.256 e. The number of benzene rings is 2. The first-order valence-electron chi connectivity index (χ1n) is 8.57. The van der Waals surface area contributed by atoms with Crippen LogP contribution in [0.5, 0.6) is 0 Å². The van der Waals surface area contributed by atoms with Crippen LogP contribution in [0.15, 0.2) is 65.3 Å². The van der Waals surface area contributed by atoms with Gasteiger partial charge >= 0.3 is 0 Å². The van der Waals surface area contributed by atoms with Crippen LogP contribution in [0.4, 0.5) is 11.4 Å². The Morgan fingerprint density at radius 3 is 2.52 bits per heavy atom. The molecule has 0 aliphatic rings. The number of hydrogen-bond donors (Lipinski definition) is 1. The van der Waals surface area contributed by atoms with Crippen LogP contribution in [-0.4, -0.2) is 24.9 Å². The standard InChI is InChI=1S/C21H22ClN3O2/c1-24(2)20-10-9-16(23)12-15(20)13-25(14-17-6-5-11-27-17)21(26)18-7-3-4-8-19(18)22/h3-12H,13-14,23H2,1-2H3. The number of nitrogens with zero attached hydrogens (tertiary/aromatic N) is 2. The highest BCUT2D eigenvalue weighted by atomic mass is 35.5. The van der Waals surface area contributed by atoms with Gasteiger partial charge in [-0.05, 0) is 48.0 Å². The van der Waals surface area contributed by atoms with Crippen molar-refractivity contribution in [3.05, 3.63) is 82.8 Å². The molecule has 0 aliphatic heterocycles. The SMILES string of the molecule is CN(C)c1ccc(N)cc1CN(Cc1ccco1)C(=O)c1ccccc1Cl. The summed E-state index contributed by atoms with van der Waals surface area (Å²) in [5.41, 5.74) is 9.05. The summed E-state index contributed by atoms with van der Waals surface area (Å²) >= 11 is 6.26. The normalized spacial score (nSPS) is 10.6. The van der Waals surface area contributed by atoms with Gasteiger partial charge in [0.05, 0.1) is 23.4 Å². The summed E-state index contributed by atoms with van der Waals surface area (Å²) in [5.74, 6) is 0.537. The van der Waals surface area contributed by atoms with Crippen molar-refractivity contribution in [3.8, 4) is 0 Å². The minimum atomic E-state index is -0.163. The maximum atomic E-state index is 13.2. The van der Waals surface area contributed by atoms with Crippen molar-refractivity contribution in [1.29, 1.82) is 0 Å². The zero-order valence-electron chi connectivity index (χ0n) is 15.4. The number of anilines is 2. The lowest BCUT2D eigenvalue weighted by Gasteiger charge is -2.26. The highest BCUT2D eigenvalue weighted by Crippen LogP contribution is 2.26. The van der Waals surface area contributed by atoms with Crippen molar-refractivity contribution < 1.29 is 9.21 Å². The van der Waals surface area contributed by atoms with E-state index in [-0.39, 0.29) is 5.91 Å². The number of carbonyl (C=O) groups is 1. The Kier molecular flexibility index (Phi) is 5.72. The van der Waals surface area contributed by atoms with Gasteiger partial charge in [-0.2, -0.15) is 0 Å². The van der Waals surface area contributed by atoms with E-state index in [1.165, 1.54) is 0 Å². The van der Waals surface area contributed by atoms with Gasteiger partial charge in [0.1, 0.15) is 5.76 Å². The molecule has 6 heteroatoms. The summed E-state index contributed by atoms with van der Waals surface area (Å²) in [6.07, 6.45) is 1.60. The Bertz CT molecular complexity index is 923. The Morgan fingerprint density at radius 1 is 1.07 bits per heavy atom. The number of furan rings is 1. The molecular formula is C21H22ClN3O2. The van der Waals surface area contributed by atoms with Crippen LogP contribution >= 0.6 is 11.6 Å². The molecule has 0 atom stereocenters. The van der Waals surface area contributed by atoms with Gasteiger partial charge in [0.15, 0.2) is 0 Å². The maximum Gasteiger partial charge on any atom is 0.256 e. The molecule has 1 amide bonds. The summed E-state index contributed by atoms with van der Waals surface area (Å²) < 4.78 is 5.46. The van der Waals surface area contributed by atoms with E-state index in [4.69, 9.17) is 21.8 Å². The Balaban J connectivity index is 1.97. The van der Waals surface area contributed by atoms with Crippen molar-refractivity contribution >= 4 is 28.9 Å². The van der Waals surface area contributed by atoms with Gasteiger partial charge in [-0.25, -0.2) is 0 Å². The van der Waals surface area contributed by atoms with Crippen molar-refractivity contribution in [3.63, 3.8) is 0 Å². The first-order valence-corrected chi connectivity index (χ1v) is 8.95. The molecule has 140 valence electrons. The molecule has 3 rings (SSSR count). The topological polar surface area (TPSA) is 62.7 Å². The Labute approximate surface area is 163 Å². The number of amides is 1. The molecule has 0 aliphatic carbocycles.